The van der Waals surface area contributed by atoms with Gasteiger partial charge in [-0.3, -0.25) is 9.69 Å². The van der Waals surface area contributed by atoms with Crippen LogP contribution < -0.4 is 0 Å². The first-order chi connectivity index (χ1) is 12.1. The number of likely N-dealkylation sites (tertiary alicyclic amines) is 1. The van der Waals surface area contributed by atoms with Gasteiger partial charge in [0, 0.05) is 54.7 Å². The summed E-state index contributed by atoms with van der Waals surface area (Å²) in [6.45, 7) is 6.43. The molecule has 0 radical (unpaired) electrons. The van der Waals surface area contributed by atoms with Gasteiger partial charge in [0.25, 0.3) is 0 Å². The number of nitrogens with one attached hydrogen (secondary N) is 1. The molecule has 2 saturated heterocycles. The molecule has 1 aromatic heterocycles. The topological polar surface area (TPSA) is 39.3 Å². The summed E-state index contributed by atoms with van der Waals surface area (Å²) in [4.78, 5) is 20.9. The average molecular weight is 339 g/mol. The van der Waals surface area contributed by atoms with Crippen molar-refractivity contribution >= 4 is 16.8 Å². The molecule has 2 aliphatic heterocycles. The van der Waals surface area contributed by atoms with Crippen LogP contribution in [0.3, 0.4) is 0 Å². The Hall–Kier alpha value is -1.81. The lowest BCUT2D eigenvalue weighted by Crippen LogP contribution is -2.44. The number of H-pyrrole nitrogens is 1. The average Bonchev–Trinajstić information content (AvgIpc) is 3.13. The Bertz CT molecular complexity index is 750. The van der Waals surface area contributed by atoms with Crippen molar-refractivity contribution in [3.63, 3.8) is 0 Å². The highest BCUT2D eigenvalue weighted by atomic mass is 16.2. The quantitative estimate of drug-likeness (QED) is 0.925. The number of hydrogen-bond donors (Lipinski definition) is 1. The van der Waals surface area contributed by atoms with Gasteiger partial charge in [-0.1, -0.05) is 18.2 Å². The molecule has 2 aliphatic rings. The first-order valence-corrected chi connectivity index (χ1v) is 9.73. The van der Waals surface area contributed by atoms with Gasteiger partial charge in [-0.05, 0) is 51.2 Å². The highest BCUT2D eigenvalue weighted by molar-refractivity contribution is 5.84. The van der Waals surface area contributed by atoms with Crippen LogP contribution in [0.15, 0.2) is 30.5 Å². The van der Waals surface area contributed by atoms with Gasteiger partial charge >= 0.3 is 0 Å². The highest BCUT2D eigenvalue weighted by Crippen LogP contribution is 2.32. The van der Waals surface area contributed by atoms with Crippen molar-refractivity contribution in [1.82, 2.24) is 14.8 Å². The van der Waals surface area contributed by atoms with E-state index < -0.39 is 0 Å². The van der Waals surface area contributed by atoms with Gasteiger partial charge < -0.3 is 9.88 Å². The van der Waals surface area contributed by atoms with E-state index in [1.807, 2.05) is 6.07 Å². The minimum atomic E-state index is 0.321. The lowest BCUT2D eigenvalue weighted by atomic mass is 10.1. The van der Waals surface area contributed by atoms with Gasteiger partial charge in [-0.15, -0.1) is 0 Å². The first kappa shape index (κ1) is 16.6. The summed E-state index contributed by atoms with van der Waals surface area (Å²) in [6, 6.07) is 10.2. The molecule has 1 amide bonds. The van der Waals surface area contributed by atoms with Crippen LogP contribution in [0.2, 0.25) is 0 Å². The summed E-state index contributed by atoms with van der Waals surface area (Å²) in [5.74, 6) is 0.321. The fourth-order valence-electron chi connectivity index (χ4n) is 4.92. The number of aryl methyl sites for hydroxylation is 1. The number of carbonyl (C=O) groups is 1. The Morgan fingerprint density at radius 1 is 1.20 bits per heavy atom. The molecule has 2 unspecified atom stereocenters. The van der Waals surface area contributed by atoms with Gasteiger partial charge in [-0.2, -0.15) is 0 Å². The van der Waals surface area contributed by atoms with Crippen LogP contribution in [0, 0.1) is 0 Å². The van der Waals surface area contributed by atoms with Crippen molar-refractivity contribution in [2.45, 2.75) is 64.1 Å². The van der Waals surface area contributed by atoms with E-state index in [0.717, 1.165) is 31.4 Å². The number of para-hydroxylation sites is 1. The maximum atomic E-state index is 12.8. The molecule has 4 heteroatoms. The van der Waals surface area contributed by atoms with Crippen molar-refractivity contribution in [2.24, 2.45) is 0 Å². The maximum absolute atomic E-state index is 12.8. The van der Waals surface area contributed by atoms with E-state index in [9.17, 15) is 4.79 Å². The Morgan fingerprint density at radius 2 is 2.00 bits per heavy atom. The van der Waals surface area contributed by atoms with Crippen molar-refractivity contribution in [2.75, 3.05) is 13.1 Å². The monoisotopic (exact) mass is 339 g/mol. The molecule has 1 N–H and O–H groups in total. The maximum Gasteiger partial charge on any atom is 0.222 e. The predicted molar refractivity (Wildman–Crippen MR) is 102 cm³/mol. The van der Waals surface area contributed by atoms with Crippen molar-refractivity contribution in [3.8, 4) is 0 Å². The van der Waals surface area contributed by atoms with E-state index >= 15 is 0 Å². The zero-order chi connectivity index (χ0) is 17.4. The van der Waals surface area contributed by atoms with E-state index in [1.54, 1.807) is 0 Å². The minimum Gasteiger partial charge on any atom is -0.361 e. The minimum absolute atomic E-state index is 0.321. The number of fused-ring (bicyclic) bond motifs is 3. The van der Waals surface area contributed by atoms with Crippen molar-refractivity contribution in [3.05, 3.63) is 36.0 Å². The van der Waals surface area contributed by atoms with Gasteiger partial charge in [0.2, 0.25) is 5.91 Å². The smallest absolute Gasteiger partial charge is 0.222 e. The van der Waals surface area contributed by atoms with Crippen LogP contribution >= 0.6 is 0 Å². The Kier molecular flexibility index (Phi) is 4.55. The second kappa shape index (κ2) is 6.83. The fourth-order valence-corrected chi connectivity index (χ4v) is 4.92. The zero-order valence-corrected chi connectivity index (χ0v) is 15.4. The number of aromatic amines is 1. The number of benzene rings is 1. The van der Waals surface area contributed by atoms with E-state index in [4.69, 9.17) is 0 Å². The van der Waals surface area contributed by atoms with E-state index in [1.165, 1.54) is 23.8 Å². The fraction of sp³-hybridized carbons (Fsp3) is 0.571. The summed E-state index contributed by atoms with van der Waals surface area (Å²) in [5, 5.41) is 1.25. The molecule has 0 spiro atoms. The molecular weight excluding hydrogens is 310 g/mol. The molecule has 4 rings (SSSR count). The number of hydrogen-bond acceptors (Lipinski definition) is 2. The lowest BCUT2D eigenvalue weighted by Gasteiger charge is -2.32. The molecule has 0 saturated carbocycles. The second-order valence-electron chi connectivity index (χ2n) is 7.91. The Balaban J connectivity index is 1.40. The molecule has 2 bridgehead atoms. The van der Waals surface area contributed by atoms with Crippen molar-refractivity contribution < 1.29 is 4.79 Å². The molecule has 4 nitrogen and oxygen atoms in total. The van der Waals surface area contributed by atoms with Gasteiger partial charge in [0.05, 0.1) is 0 Å². The van der Waals surface area contributed by atoms with E-state index in [-0.39, 0.29) is 0 Å². The third-order valence-corrected chi connectivity index (χ3v) is 6.07. The van der Waals surface area contributed by atoms with Crippen LogP contribution in [0.1, 0.15) is 45.1 Å². The zero-order valence-electron chi connectivity index (χ0n) is 15.4. The summed E-state index contributed by atoms with van der Waals surface area (Å²) in [6.07, 6.45) is 7.17. The summed E-state index contributed by atoms with van der Waals surface area (Å²) in [5.41, 5.74) is 2.41. The van der Waals surface area contributed by atoms with Gasteiger partial charge in [-0.25, -0.2) is 0 Å². The van der Waals surface area contributed by atoms with Crippen LogP contribution in [0.4, 0.5) is 0 Å². The third kappa shape index (κ3) is 3.20. The summed E-state index contributed by atoms with van der Waals surface area (Å²) in [7, 11) is 0. The third-order valence-electron chi connectivity index (χ3n) is 6.07. The van der Waals surface area contributed by atoms with E-state index in [2.05, 4.69) is 53.0 Å². The van der Waals surface area contributed by atoms with Crippen molar-refractivity contribution in [1.29, 1.82) is 0 Å². The molecular formula is C21H29N3O. The van der Waals surface area contributed by atoms with Gasteiger partial charge in [0.15, 0.2) is 0 Å². The molecule has 134 valence electrons. The number of rotatable bonds is 4. The highest BCUT2D eigenvalue weighted by Gasteiger charge is 2.39. The summed E-state index contributed by atoms with van der Waals surface area (Å²) < 4.78 is 0. The lowest BCUT2D eigenvalue weighted by molar-refractivity contribution is -0.131. The van der Waals surface area contributed by atoms with Crippen LogP contribution in [-0.4, -0.2) is 51.9 Å². The molecule has 2 fully saturated rings. The first-order valence-electron chi connectivity index (χ1n) is 9.73. The summed E-state index contributed by atoms with van der Waals surface area (Å²) >= 11 is 0. The molecule has 3 heterocycles. The largest absolute Gasteiger partial charge is 0.361 e. The van der Waals surface area contributed by atoms with Gasteiger partial charge in [0.1, 0.15) is 0 Å². The SMILES string of the molecule is CC(C)N1C2CCC1CN(C(=O)CCc1c[nH]c3ccccc13)CC2. The molecule has 2 aromatic rings. The van der Waals surface area contributed by atoms with E-state index in [0.29, 0.717) is 30.5 Å². The normalized spacial score (nSPS) is 24.2. The molecule has 2 atom stereocenters. The number of nitrogens with zero attached hydrogens (tertiary/aromatic N) is 2. The number of carbonyl (C=O) groups excluding carboxylic acids is 1. The standard InChI is InChI=1S/C21H29N3O/c1-15(2)24-17-8-9-18(24)14-23(12-11-17)21(25)10-7-16-13-22-20-6-4-3-5-19(16)20/h3-6,13,15,17-18,22H,7-12,14H2,1-2H3. The van der Waals surface area contributed by atoms with Crippen LogP contribution in [0.25, 0.3) is 10.9 Å². The van der Waals surface area contributed by atoms with Crippen LogP contribution in [0.5, 0.6) is 0 Å². The second-order valence-corrected chi connectivity index (χ2v) is 7.91. The molecule has 1 aromatic carbocycles. The van der Waals surface area contributed by atoms with Crippen LogP contribution in [-0.2, 0) is 11.2 Å². The predicted octanol–water partition coefficient (Wildman–Crippen LogP) is 3.57. The molecule has 25 heavy (non-hydrogen) atoms. The number of amides is 1. The number of aromatic nitrogens is 1. The Labute approximate surface area is 150 Å². The molecule has 0 aliphatic carbocycles. The Morgan fingerprint density at radius 3 is 2.84 bits per heavy atom.